The number of rotatable bonds is 6. The normalized spacial score (nSPS) is 11.0. The summed E-state index contributed by atoms with van der Waals surface area (Å²) in [5.41, 5.74) is 2.97. The quantitative estimate of drug-likeness (QED) is 0.703. The average molecular weight is 338 g/mol. The van der Waals surface area contributed by atoms with E-state index in [1.54, 1.807) is 23.6 Å². The highest BCUT2D eigenvalue weighted by molar-refractivity contribution is 7.09. The number of aryl methyl sites for hydroxylation is 1. The van der Waals surface area contributed by atoms with Gasteiger partial charge in [0.1, 0.15) is 0 Å². The maximum atomic E-state index is 11.8. The third-order valence-corrected chi connectivity index (χ3v) is 4.17. The van der Waals surface area contributed by atoms with Gasteiger partial charge in [-0.2, -0.15) is 5.10 Å². The lowest BCUT2D eigenvalue weighted by Crippen LogP contribution is -2.19. The van der Waals surface area contributed by atoms with E-state index >= 15 is 0 Å². The summed E-state index contributed by atoms with van der Waals surface area (Å²) in [5.74, 6) is -0.142. The summed E-state index contributed by atoms with van der Waals surface area (Å²) in [6, 6.07) is 10.1. The first-order valence-corrected chi connectivity index (χ1v) is 8.50. The minimum Gasteiger partial charge on any atom is -0.348 e. The molecule has 0 aliphatic rings. The molecule has 0 unspecified atom stereocenters. The third-order valence-electron chi connectivity index (χ3n) is 3.38. The van der Waals surface area contributed by atoms with Crippen molar-refractivity contribution in [2.24, 2.45) is 0 Å². The van der Waals surface area contributed by atoms with E-state index < -0.39 is 0 Å². The Morgan fingerprint density at radius 3 is 2.88 bits per heavy atom. The molecule has 3 rings (SSSR count). The molecule has 2 heterocycles. The van der Waals surface area contributed by atoms with Crippen LogP contribution in [0.25, 0.3) is 6.08 Å². The Labute approximate surface area is 144 Å². The van der Waals surface area contributed by atoms with Crippen molar-refractivity contribution in [2.75, 3.05) is 0 Å². The average Bonchev–Trinajstić information content (AvgIpc) is 3.21. The van der Waals surface area contributed by atoms with Gasteiger partial charge < -0.3 is 5.32 Å². The van der Waals surface area contributed by atoms with E-state index in [9.17, 15) is 4.79 Å². The lowest BCUT2D eigenvalue weighted by molar-refractivity contribution is -0.116. The number of aromatic nitrogens is 3. The molecule has 6 heteroatoms. The summed E-state index contributed by atoms with van der Waals surface area (Å²) in [4.78, 5) is 16.1. The van der Waals surface area contributed by atoms with E-state index in [2.05, 4.69) is 27.5 Å². The van der Waals surface area contributed by atoms with Crippen molar-refractivity contribution in [3.05, 3.63) is 76.0 Å². The van der Waals surface area contributed by atoms with Crippen molar-refractivity contribution in [2.45, 2.75) is 20.0 Å². The summed E-state index contributed by atoms with van der Waals surface area (Å²) >= 11 is 1.56. The molecule has 0 aliphatic heterocycles. The molecule has 0 spiro atoms. The fourth-order valence-corrected chi connectivity index (χ4v) is 2.80. The molecule has 1 N–H and O–H groups in total. The second-order valence-corrected chi connectivity index (χ2v) is 6.44. The molecular formula is C18H18N4OS. The van der Waals surface area contributed by atoms with E-state index in [1.165, 1.54) is 11.6 Å². The maximum absolute atomic E-state index is 11.8. The van der Waals surface area contributed by atoms with Crippen LogP contribution in [0.1, 0.15) is 21.8 Å². The number of amides is 1. The van der Waals surface area contributed by atoms with Gasteiger partial charge in [0, 0.05) is 29.8 Å². The topological polar surface area (TPSA) is 59.8 Å². The van der Waals surface area contributed by atoms with Crippen molar-refractivity contribution < 1.29 is 4.79 Å². The molecule has 122 valence electrons. The fraction of sp³-hybridized carbons (Fsp3) is 0.167. The highest BCUT2D eigenvalue weighted by Crippen LogP contribution is 2.09. The zero-order valence-electron chi connectivity index (χ0n) is 13.3. The smallest absolute Gasteiger partial charge is 0.244 e. The van der Waals surface area contributed by atoms with Crippen LogP contribution in [-0.2, 0) is 17.9 Å². The van der Waals surface area contributed by atoms with Crippen LogP contribution in [-0.4, -0.2) is 20.7 Å². The Kier molecular flexibility index (Phi) is 5.18. The van der Waals surface area contributed by atoms with E-state index in [1.807, 2.05) is 41.4 Å². The first kappa shape index (κ1) is 16.1. The van der Waals surface area contributed by atoms with Crippen LogP contribution in [0.5, 0.6) is 0 Å². The molecule has 5 nitrogen and oxygen atoms in total. The van der Waals surface area contributed by atoms with Crippen molar-refractivity contribution in [1.29, 1.82) is 0 Å². The molecule has 1 aromatic carbocycles. The van der Waals surface area contributed by atoms with Gasteiger partial charge in [0.15, 0.2) is 0 Å². The highest BCUT2D eigenvalue weighted by atomic mass is 32.1. The lowest BCUT2D eigenvalue weighted by atomic mass is 10.2. The summed E-state index contributed by atoms with van der Waals surface area (Å²) < 4.78 is 1.87. The van der Waals surface area contributed by atoms with Gasteiger partial charge in [-0.1, -0.05) is 30.3 Å². The monoisotopic (exact) mass is 338 g/mol. The first-order valence-electron chi connectivity index (χ1n) is 7.62. The number of thiazole rings is 1. The molecule has 3 aromatic rings. The fourth-order valence-electron chi connectivity index (χ4n) is 2.22. The zero-order chi connectivity index (χ0) is 16.8. The number of nitrogens with one attached hydrogen (secondary N) is 1. The van der Waals surface area contributed by atoms with E-state index in [4.69, 9.17) is 0 Å². The Morgan fingerprint density at radius 1 is 1.29 bits per heavy atom. The second kappa shape index (κ2) is 7.70. The summed E-state index contributed by atoms with van der Waals surface area (Å²) in [7, 11) is 0. The van der Waals surface area contributed by atoms with Crippen LogP contribution in [0.2, 0.25) is 0 Å². The number of carbonyl (C=O) groups is 1. The summed E-state index contributed by atoms with van der Waals surface area (Å²) in [6.07, 6.45) is 6.94. The van der Waals surface area contributed by atoms with Gasteiger partial charge in [0.05, 0.1) is 23.4 Å². The standard InChI is InChI=1S/C18H18N4OS/c1-14-21-17(13-24-14)7-8-18(23)19-9-16-10-20-22(12-16)11-15-5-3-2-4-6-15/h2-8,10,12-13H,9,11H2,1H3,(H,19,23)/b8-7+. The van der Waals surface area contributed by atoms with Gasteiger partial charge >= 0.3 is 0 Å². The molecule has 0 fully saturated rings. The Balaban J connectivity index is 1.50. The molecule has 0 saturated carbocycles. The number of carbonyl (C=O) groups excluding carboxylic acids is 1. The summed E-state index contributed by atoms with van der Waals surface area (Å²) in [6.45, 7) is 3.11. The van der Waals surface area contributed by atoms with Gasteiger partial charge in [-0.25, -0.2) is 4.98 Å². The lowest BCUT2D eigenvalue weighted by Gasteiger charge is -2.01. The minimum absolute atomic E-state index is 0.142. The van der Waals surface area contributed by atoms with Gasteiger partial charge in [0.2, 0.25) is 5.91 Å². The number of nitrogens with zero attached hydrogens (tertiary/aromatic N) is 3. The molecular weight excluding hydrogens is 320 g/mol. The van der Waals surface area contributed by atoms with Crippen LogP contribution in [0.3, 0.4) is 0 Å². The Morgan fingerprint density at radius 2 is 2.12 bits per heavy atom. The zero-order valence-corrected chi connectivity index (χ0v) is 14.2. The molecule has 0 bridgehead atoms. The van der Waals surface area contributed by atoms with Crippen molar-refractivity contribution >= 4 is 23.3 Å². The van der Waals surface area contributed by atoms with Crippen LogP contribution in [0.4, 0.5) is 0 Å². The van der Waals surface area contributed by atoms with E-state index in [0.29, 0.717) is 6.54 Å². The van der Waals surface area contributed by atoms with Gasteiger partial charge in [-0.15, -0.1) is 11.3 Å². The van der Waals surface area contributed by atoms with Crippen LogP contribution < -0.4 is 5.32 Å². The Bertz CT molecular complexity index is 836. The van der Waals surface area contributed by atoms with Crippen molar-refractivity contribution in [3.8, 4) is 0 Å². The maximum Gasteiger partial charge on any atom is 0.244 e. The minimum atomic E-state index is -0.142. The van der Waals surface area contributed by atoms with Gasteiger partial charge in [-0.05, 0) is 18.6 Å². The molecule has 1 amide bonds. The van der Waals surface area contributed by atoms with Crippen LogP contribution >= 0.6 is 11.3 Å². The number of hydrogen-bond donors (Lipinski definition) is 1. The molecule has 0 aliphatic carbocycles. The largest absolute Gasteiger partial charge is 0.348 e. The number of hydrogen-bond acceptors (Lipinski definition) is 4. The van der Waals surface area contributed by atoms with E-state index in [-0.39, 0.29) is 5.91 Å². The molecule has 0 saturated heterocycles. The Hall–Kier alpha value is -2.73. The predicted molar refractivity (Wildman–Crippen MR) is 95.5 cm³/mol. The predicted octanol–water partition coefficient (Wildman–Crippen LogP) is 3.03. The SMILES string of the molecule is Cc1nc(/C=C/C(=O)NCc2cnn(Cc3ccccc3)c2)cs1. The van der Waals surface area contributed by atoms with Crippen molar-refractivity contribution in [3.63, 3.8) is 0 Å². The van der Waals surface area contributed by atoms with Crippen LogP contribution in [0, 0.1) is 6.92 Å². The first-order chi connectivity index (χ1) is 11.7. The van der Waals surface area contributed by atoms with Gasteiger partial charge in [-0.3, -0.25) is 9.48 Å². The molecule has 2 aromatic heterocycles. The van der Waals surface area contributed by atoms with Gasteiger partial charge in [0.25, 0.3) is 0 Å². The molecule has 24 heavy (non-hydrogen) atoms. The van der Waals surface area contributed by atoms with E-state index in [0.717, 1.165) is 22.8 Å². The molecule has 0 atom stereocenters. The third kappa shape index (κ3) is 4.63. The van der Waals surface area contributed by atoms with Crippen molar-refractivity contribution in [1.82, 2.24) is 20.1 Å². The highest BCUT2D eigenvalue weighted by Gasteiger charge is 2.02. The summed E-state index contributed by atoms with van der Waals surface area (Å²) in [5, 5.41) is 10.1. The second-order valence-electron chi connectivity index (χ2n) is 5.37. The van der Waals surface area contributed by atoms with Crippen LogP contribution in [0.15, 0.2) is 54.2 Å². The molecule has 0 radical (unpaired) electrons. The number of benzene rings is 1.